The van der Waals surface area contributed by atoms with E-state index in [1.54, 1.807) is 4.31 Å². The van der Waals surface area contributed by atoms with Gasteiger partial charge in [-0.1, -0.05) is 25.7 Å². The summed E-state index contributed by atoms with van der Waals surface area (Å²) < 4.78 is 27.0. The maximum Gasteiger partial charge on any atom is 0.214 e. The van der Waals surface area contributed by atoms with Gasteiger partial charge in [0.25, 0.3) is 0 Å². The van der Waals surface area contributed by atoms with Gasteiger partial charge >= 0.3 is 0 Å². The summed E-state index contributed by atoms with van der Waals surface area (Å²) >= 11 is 5.73. The van der Waals surface area contributed by atoms with Gasteiger partial charge in [0, 0.05) is 18.5 Å². The normalized spacial score (nSPS) is 22.6. The predicted octanol–water partition coefficient (Wildman–Crippen LogP) is 3.38. The van der Waals surface area contributed by atoms with Gasteiger partial charge in [-0.25, -0.2) is 8.42 Å². The highest BCUT2D eigenvalue weighted by molar-refractivity contribution is 7.89. The van der Waals surface area contributed by atoms with Crippen LogP contribution in [0.5, 0.6) is 0 Å². The lowest BCUT2D eigenvalue weighted by Crippen LogP contribution is -2.46. The van der Waals surface area contributed by atoms with E-state index in [4.69, 9.17) is 11.6 Å². The van der Waals surface area contributed by atoms with E-state index in [0.29, 0.717) is 24.1 Å². The molecule has 0 spiro atoms. The second-order valence-electron chi connectivity index (χ2n) is 6.02. The van der Waals surface area contributed by atoms with E-state index in [2.05, 4.69) is 0 Å². The Morgan fingerprint density at radius 1 is 1.00 bits per heavy atom. The Morgan fingerprint density at radius 2 is 1.68 bits per heavy atom. The molecule has 5 heteroatoms. The third-order valence-electron chi connectivity index (χ3n) is 4.52. The molecule has 3 nitrogen and oxygen atoms in total. The molecule has 0 N–H and O–H groups in total. The van der Waals surface area contributed by atoms with Crippen LogP contribution in [-0.4, -0.2) is 36.9 Å². The average molecular weight is 308 g/mol. The zero-order valence-electron chi connectivity index (χ0n) is 11.7. The molecule has 0 atom stereocenters. The molecule has 0 amide bonds. The minimum Gasteiger partial charge on any atom is -0.212 e. The standard InChI is InChI=1S/C14H26ClNO2S/c15-10-5-11-16(14-8-4-9-14)19(17,18)12-13-6-2-1-3-7-13/h13-14H,1-12H2. The van der Waals surface area contributed by atoms with Gasteiger partial charge in [0.15, 0.2) is 0 Å². The topological polar surface area (TPSA) is 37.4 Å². The number of hydrogen-bond acceptors (Lipinski definition) is 2. The zero-order chi connectivity index (χ0) is 13.7. The van der Waals surface area contributed by atoms with E-state index in [0.717, 1.165) is 32.1 Å². The molecule has 0 radical (unpaired) electrons. The van der Waals surface area contributed by atoms with Crippen LogP contribution in [0.15, 0.2) is 0 Å². The minimum absolute atomic E-state index is 0.261. The molecule has 0 unspecified atom stereocenters. The molecule has 0 saturated heterocycles. The SMILES string of the molecule is O=S(=O)(CC1CCCCC1)N(CCCCl)C1CCC1. The quantitative estimate of drug-likeness (QED) is 0.676. The molecule has 0 bridgehead atoms. The van der Waals surface area contributed by atoms with Gasteiger partial charge in [-0.3, -0.25) is 0 Å². The van der Waals surface area contributed by atoms with E-state index in [9.17, 15) is 8.42 Å². The maximum absolute atomic E-state index is 12.6. The molecule has 0 aromatic carbocycles. The first kappa shape index (κ1) is 15.6. The van der Waals surface area contributed by atoms with Crippen molar-refractivity contribution in [3.8, 4) is 0 Å². The van der Waals surface area contributed by atoms with Crippen molar-refractivity contribution in [1.82, 2.24) is 4.31 Å². The lowest BCUT2D eigenvalue weighted by Gasteiger charge is -2.37. The number of halogens is 1. The third kappa shape index (κ3) is 4.33. The van der Waals surface area contributed by atoms with Gasteiger partial charge in [-0.15, -0.1) is 11.6 Å². The summed E-state index contributed by atoms with van der Waals surface area (Å²) in [7, 11) is -3.08. The van der Waals surface area contributed by atoms with E-state index >= 15 is 0 Å². The molecular formula is C14H26ClNO2S. The van der Waals surface area contributed by atoms with Crippen LogP contribution >= 0.6 is 11.6 Å². The fourth-order valence-electron chi connectivity index (χ4n) is 3.19. The Balaban J connectivity index is 1.96. The summed E-state index contributed by atoms with van der Waals surface area (Å²) in [6, 6.07) is 0.261. The first-order chi connectivity index (χ1) is 9.13. The molecule has 112 valence electrons. The smallest absolute Gasteiger partial charge is 0.212 e. The Bertz CT molecular complexity index is 362. The monoisotopic (exact) mass is 307 g/mol. The highest BCUT2D eigenvalue weighted by Crippen LogP contribution is 2.31. The molecule has 19 heavy (non-hydrogen) atoms. The van der Waals surface area contributed by atoms with Crippen LogP contribution in [0.3, 0.4) is 0 Å². The van der Waals surface area contributed by atoms with Gasteiger partial charge in [0.1, 0.15) is 0 Å². The Kier molecular flexibility index (Phi) is 5.97. The molecule has 0 aromatic rings. The molecule has 2 aliphatic carbocycles. The Morgan fingerprint density at radius 3 is 2.21 bits per heavy atom. The van der Waals surface area contributed by atoms with Crippen molar-refractivity contribution in [2.75, 3.05) is 18.2 Å². The third-order valence-corrected chi connectivity index (χ3v) is 6.88. The zero-order valence-corrected chi connectivity index (χ0v) is 13.3. The van der Waals surface area contributed by atoms with Gasteiger partial charge in [0.05, 0.1) is 5.75 Å². The van der Waals surface area contributed by atoms with Crippen LogP contribution in [0.25, 0.3) is 0 Å². The van der Waals surface area contributed by atoms with Crippen LogP contribution in [0.1, 0.15) is 57.8 Å². The van der Waals surface area contributed by atoms with Gasteiger partial charge in [0.2, 0.25) is 10.0 Å². The Labute approximate surface area is 122 Å². The van der Waals surface area contributed by atoms with Gasteiger partial charge < -0.3 is 0 Å². The van der Waals surface area contributed by atoms with E-state index in [1.165, 1.54) is 25.7 Å². The lowest BCUT2D eigenvalue weighted by molar-refractivity contribution is 0.217. The van der Waals surface area contributed by atoms with E-state index < -0.39 is 10.0 Å². The molecule has 2 saturated carbocycles. The fourth-order valence-corrected chi connectivity index (χ4v) is 5.50. The highest BCUT2D eigenvalue weighted by Gasteiger charge is 2.34. The number of alkyl halides is 1. The first-order valence-corrected chi connectivity index (χ1v) is 9.83. The van der Waals surface area contributed by atoms with Crippen molar-refractivity contribution >= 4 is 21.6 Å². The van der Waals surface area contributed by atoms with Crippen molar-refractivity contribution < 1.29 is 8.42 Å². The molecular weight excluding hydrogens is 282 g/mol. The van der Waals surface area contributed by atoms with Crippen LogP contribution in [0.2, 0.25) is 0 Å². The summed E-state index contributed by atoms with van der Waals surface area (Å²) in [6.45, 7) is 0.614. The number of rotatable bonds is 7. The Hall–Kier alpha value is 0.200. The molecule has 2 aliphatic rings. The van der Waals surface area contributed by atoms with Crippen LogP contribution in [0.4, 0.5) is 0 Å². The van der Waals surface area contributed by atoms with Crippen molar-refractivity contribution in [1.29, 1.82) is 0 Å². The maximum atomic E-state index is 12.6. The number of hydrogen-bond donors (Lipinski definition) is 0. The predicted molar refractivity (Wildman–Crippen MR) is 80.0 cm³/mol. The molecule has 2 fully saturated rings. The van der Waals surface area contributed by atoms with Crippen LogP contribution in [0, 0.1) is 5.92 Å². The highest BCUT2D eigenvalue weighted by atomic mass is 35.5. The van der Waals surface area contributed by atoms with Crippen molar-refractivity contribution in [3.05, 3.63) is 0 Å². The minimum atomic E-state index is -3.08. The summed E-state index contributed by atoms with van der Waals surface area (Å²) in [4.78, 5) is 0. The van der Waals surface area contributed by atoms with Crippen molar-refractivity contribution in [2.45, 2.75) is 63.8 Å². The summed E-state index contributed by atoms with van der Waals surface area (Å²) in [5.41, 5.74) is 0. The van der Waals surface area contributed by atoms with Crippen LogP contribution < -0.4 is 0 Å². The average Bonchev–Trinajstić information content (AvgIpc) is 2.32. The van der Waals surface area contributed by atoms with E-state index in [1.807, 2.05) is 0 Å². The van der Waals surface area contributed by atoms with Gasteiger partial charge in [-0.05, 0) is 38.0 Å². The lowest BCUT2D eigenvalue weighted by atomic mass is 9.91. The molecule has 0 heterocycles. The second kappa shape index (κ2) is 7.28. The molecule has 0 aliphatic heterocycles. The molecule has 0 aromatic heterocycles. The van der Waals surface area contributed by atoms with Crippen LogP contribution in [-0.2, 0) is 10.0 Å². The van der Waals surface area contributed by atoms with E-state index in [-0.39, 0.29) is 6.04 Å². The first-order valence-electron chi connectivity index (χ1n) is 7.69. The summed E-state index contributed by atoms with van der Waals surface area (Å²) in [5, 5.41) is 0. The number of sulfonamides is 1. The molecule has 2 rings (SSSR count). The second-order valence-corrected chi connectivity index (χ2v) is 8.36. The van der Waals surface area contributed by atoms with Gasteiger partial charge in [-0.2, -0.15) is 4.31 Å². The van der Waals surface area contributed by atoms with Crippen molar-refractivity contribution in [3.63, 3.8) is 0 Å². The summed E-state index contributed by atoms with van der Waals surface area (Å²) in [5.74, 6) is 1.30. The largest absolute Gasteiger partial charge is 0.214 e. The number of nitrogens with zero attached hydrogens (tertiary/aromatic N) is 1. The fraction of sp³-hybridized carbons (Fsp3) is 1.00. The summed E-state index contributed by atoms with van der Waals surface area (Å²) in [6.07, 6.45) is 9.85. The van der Waals surface area contributed by atoms with Crippen molar-refractivity contribution in [2.24, 2.45) is 5.92 Å².